The predicted octanol–water partition coefficient (Wildman–Crippen LogP) is -0.0739. The van der Waals surface area contributed by atoms with Gasteiger partial charge < -0.3 is 5.41 Å². The molecule has 0 aliphatic rings. The van der Waals surface area contributed by atoms with Gasteiger partial charge in [0.25, 0.3) is 11.5 Å². The average molecular weight is 206 g/mol. The molecule has 0 radical (unpaired) electrons. The second-order valence-electron chi connectivity index (χ2n) is 2.77. The topological polar surface area (TPSA) is 49.1 Å². The summed E-state index contributed by atoms with van der Waals surface area (Å²) in [5.41, 5.74) is 0. The quantitative estimate of drug-likeness (QED) is 0.368. The van der Waals surface area contributed by atoms with Gasteiger partial charge in [0.1, 0.15) is 0 Å². The van der Waals surface area contributed by atoms with Crippen LogP contribution >= 0.6 is 0 Å². The highest BCUT2D eigenvalue weighted by Crippen LogP contribution is 2.05. The van der Waals surface area contributed by atoms with Gasteiger partial charge >= 0.3 is 0 Å². The molecule has 0 amide bonds. The molecule has 0 aromatic rings. The van der Waals surface area contributed by atoms with Gasteiger partial charge in [-0.2, -0.15) is 0 Å². The normalized spacial score (nSPS) is 10.3. The molecule has 0 atom stereocenters. The van der Waals surface area contributed by atoms with Crippen molar-refractivity contribution in [3.8, 4) is 0 Å². The minimum absolute atomic E-state index is 0.120. The van der Waals surface area contributed by atoms with Gasteiger partial charge in [-0.15, -0.1) is 0 Å². The van der Waals surface area contributed by atoms with Crippen molar-refractivity contribution in [1.82, 2.24) is 12.9 Å². The highest BCUT2D eigenvalue weighted by atomic mass is 32.2. The Balaban J connectivity index is 0. The first-order chi connectivity index (χ1) is 5.88. The molecule has 0 N–H and O–H groups in total. The van der Waals surface area contributed by atoms with E-state index in [2.05, 4.69) is 55.2 Å². The molecule has 0 saturated carbocycles. The van der Waals surface area contributed by atoms with Crippen molar-refractivity contribution >= 4 is 17.5 Å². The Bertz CT molecular complexity index is 136. The van der Waals surface area contributed by atoms with Crippen LogP contribution in [-0.2, 0) is 16.2 Å². The predicted molar refractivity (Wildman–Crippen MR) is 57.5 cm³/mol. The summed E-state index contributed by atoms with van der Waals surface area (Å²) in [6, 6.07) is 0. The van der Waals surface area contributed by atoms with Crippen molar-refractivity contribution in [1.29, 1.82) is 0 Å². The molecule has 0 rings (SSSR count). The Morgan fingerprint density at radius 3 is 1.08 bits per heavy atom. The van der Waals surface area contributed by atoms with E-state index in [9.17, 15) is 0 Å². The molecule has 78 valence electrons. The van der Waals surface area contributed by atoms with Crippen LogP contribution in [0.5, 0.6) is 0 Å². The third-order valence-electron chi connectivity index (χ3n) is 0.980. The van der Waals surface area contributed by atoms with Crippen molar-refractivity contribution in [2.75, 3.05) is 42.3 Å². The molecule has 0 fully saturated rings. The number of hydrogen-bond donors (Lipinski definition) is 0. The molecule has 5 nitrogen and oxygen atoms in total. The summed E-state index contributed by atoms with van der Waals surface area (Å²) in [4.78, 5) is 8.24. The lowest BCUT2D eigenvalue weighted by atomic mass is 11.2. The smallest absolute Gasteiger partial charge is 0.266 e. The Labute approximate surface area is 83.6 Å². The zero-order chi connectivity index (χ0) is 11.0. The molecule has 0 aliphatic heterocycles. The van der Waals surface area contributed by atoms with Crippen LogP contribution in [0, 0.1) is 0 Å². The number of hydrogen-bond acceptors (Lipinski definition) is 4. The summed E-state index contributed by atoms with van der Waals surface area (Å²) in [5, 5.41) is 6.76. The Kier molecular flexibility index (Phi) is 9.55. The first-order valence-corrected chi connectivity index (χ1v) is 4.75. The van der Waals surface area contributed by atoms with Crippen LogP contribution < -0.4 is 0 Å². The van der Waals surface area contributed by atoms with E-state index in [1.807, 2.05) is 0 Å². The summed E-state index contributed by atoms with van der Waals surface area (Å²) in [7, 11) is 12.5. The van der Waals surface area contributed by atoms with Crippen molar-refractivity contribution in [2.24, 2.45) is 0 Å². The maximum atomic E-state index is 8.24. The summed E-state index contributed by atoms with van der Waals surface area (Å²) < 4.78 is 6.58. The summed E-state index contributed by atoms with van der Waals surface area (Å²) in [6.45, 7) is 0. The van der Waals surface area contributed by atoms with Gasteiger partial charge in [-0.05, 0) is 6.08 Å². The molecule has 0 aromatic carbocycles. The second-order valence-corrected chi connectivity index (χ2v) is 5.45. The molecule has 13 heavy (non-hydrogen) atoms. The van der Waals surface area contributed by atoms with E-state index in [0.29, 0.717) is 6.08 Å². The summed E-state index contributed by atoms with van der Waals surface area (Å²) in [5.74, 6) is 0. The monoisotopic (exact) mass is 206 g/mol. The van der Waals surface area contributed by atoms with Gasteiger partial charge in [0, 0.05) is 42.3 Å². The van der Waals surface area contributed by atoms with Crippen LogP contribution in [0.2, 0.25) is 0 Å². The van der Waals surface area contributed by atoms with Crippen LogP contribution in [0.15, 0.2) is 0 Å². The Morgan fingerprint density at radius 2 is 1.08 bits per heavy atom. The van der Waals surface area contributed by atoms with E-state index >= 15 is 0 Å². The van der Waals surface area contributed by atoms with Crippen LogP contribution in [0.25, 0.3) is 5.41 Å². The number of isocyanates is 1. The van der Waals surface area contributed by atoms with Gasteiger partial charge in [0.05, 0.1) is 0 Å². The molecular formula is C7H18N4OS. The van der Waals surface area contributed by atoms with Crippen LogP contribution in [0.1, 0.15) is 0 Å². The number of carbonyl (C=O) groups excluding carboxylic acids is 1. The van der Waals surface area contributed by atoms with Gasteiger partial charge in [-0.3, -0.25) is 4.79 Å². The SMILES string of the molecule is CN(C)[S+](N(C)C)N(C)C.[N-]=C=O. The van der Waals surface area contributed by atoms with Gasteiger partial charge in [-0.25, -0.2) is 0 Å². The van der Waals surface area contributed by atoms with E-state index in [-0.39, 0.29) is 11.5 Å². The average Bonchev–Trinajstić information content (AvgIpc) is 1.84. The maximum absolute atomic E-state index is 8.24. The van der Waals surface area contributed by atoms with E-state index in [0.717, 1.165) is 0 Å². The van der Waals surface area contributed by atoms with Crippen LogP contribution in [-0.4, -0.2) is 61.3 Å². The van der Waals surface area contributed by atoms with E-state index < -0.39 is 0 Å². The van der Waals surface area contributed by atoms with E-state index in [1.54, 1.807) is 0 Å². The molecule has 0 aromatic heterocycles. The molecule has 0 unspecified atom stereocenters. The lowest BCUT2D eigenvalue weighted by molar-refractivity contribution is 0.511. The summed E-state index contributed by atoms with van der Waals surface area (Å²) in [6.07, 6.45) is 0.500. The fourth-order valence-electron chi connectivity index (χ4n) is 0.980. The highest BCUT2D eigenvalue weighted by molar-refractivity contribution is 7.90. The lowest BCUT2D eigenvalue weighted by Crippen LogP contribution is -2.44. The van der Waals surface area contributed by atoms with Crippen LogP contribution in [0.3, 0.4) is 0 Å². The number of nitrogens with zero attached hydrogens (tertiary/aromatic N) is 4. The van der Waals surface area contributed by atoms with Crippen molar-refractivity contribution in [3.63, 3.8) is 0 Å². The van der Waals surface area contributed by atoms with Crippen LogP contribution in [0.4, 0.5) is 0 Å². The Morgan fingerprint density at radius 1 is 0.923 bits per heavy atom. The maximum Gasteiger partial charge on any atom is 0.266 e. The first-order valence-electron chi connectivity index (χ1n) is 3.66. The fraction of sp³-hybridized carbons (Fsp3) is 0.857. The molecular weight excluding hydrogens is 188 g/mol. The molecule has 6 heteroatoms. The minimum Gasteiger partial charge on any atom is -0.724 e. The minimum atomic E-state index is 0.120. The van der Waals surface area contributed by atoms with Crippen molar-refractivity contribution in [3.05, 3.63) is 5.41 Å². The van der Waals surface area contributed by atoms with E-state index in [1.165, 1.54) is 0 Å². The lowest BCUT2D eigenvalue weighted by Gasteiger charge is -2.20. The van der Waals surface area contributed by atoms with Gasteiger partial charge in [0.15, 0.2) is 0 Å². The van der Waals surface area contributed by atoms with Crippen molar-refractivity contribution < 1.29 is 4.79 Å². The Hall–Kier alpha value is -0.390. The largest absolute Gasteiger partial charge is 0.724 e. The first kappa shape index (κ1) is 15.1. The summed E-state index contributed by atoms with van der Waals surface area (Å²) >= 11 is 0.120. The zero-order valence-corrected chi connectivity index (χ0v) is 9.92. The third-order valence-corrected chi connectivity index (χ3v) is 2.94. The standard InChI is InChI=1S/C6H18N3S.CNO/c1-7(2)10(8(3)4)9(5)6;2-1-3/h1-6H3;/q+1;-1. The fourth-order valence-corrected chi connectivity index (χ4v) is 2.94. The van der Waals surface area contributed by atoms with E-state index in [4.69, 9.17) is 10.2 Å². The second kappa shape index (κ2) is 8.22. The molecule has 0 saturated heterocycles. The highest BCUT2D eigenvalue weighted by Gasteiger charge is 2.29. The van der Waals surface area contributed by atoms with Gasteiger partial charge in [-0.1, -0.05) is 12.9 Å². The molecule has 0 spiro atoms. The van der Waals surface area contributed by atoms with Crippen molar-refractivity contribution in [2.45, 2.75) is 0 Å². The van der Waals surface area contributed by atoms with Gasteiger partial charge in [0.2, 0.25) is 0 Å². The number of rotatable bonds is 3. The molecule has 0 bridgehead atoms. The third kappa shape index (κ3) is 7.95. The zero-order valence-electron chi connectivity index (χ0n) is 9.11. The molecule has 0 heterocycles. The molecule has 0 aliphatic carbocycles.